The lowest BCUT2D eigenvalue weighted by atomic mass is 9.79. The number of nitrogens with one attached hydrogen (secondary N) is 1. The summed E-state index contributed by atoms with van der Waals surface area (Å²) in [6.07, 6.45) is 2.60. The second-order valence-electron chi connectivity index (χ2n) is 5.50. The van der Waals surface area contributed by atoms with Crippen molar-refractivity contribution >= 4 is 27.6 Å². The van der Waals surface area contributed by atoms with Crippen LogP contribution in [-0.2, 0) is 16.0 Å². The van der Waals surface area contributed by atoms with Crippen molar-refractivity contribution in [3.05, 3.63) is 34.3 Å². The van der Waals surface area contributed by atoms with Crippen LogP contribution in [0.2, 0.25) is 0 Å². The largest absolute Gasteiger partial charge is 0.356 e. The van der Waals surface area contributed by atoms with E-state index in [1.165, 1.54) is 5.56 Å². The fraction of sp³-hybridized carbons (Fsp3) is 0.500. The summed E-state index contributed by atoms with van der Waals surface area (Å²) in [7, 11) is 0. The van der Waals surface area contributed by atoms with Crippen molar-refractivity contribution in [3.63, 3.8) is 0 Å². The molecule has 1 aliphatic rings. The fourth-order valence-corrected chi connectivity index (χ4v) is 3.23. The first-order valence-corrected chi connectivity index (χ1v) is 7.90. The van der Waals surface area contributed by atoms with Gasteiger partial charge >= 0.3 is 0 Å². The molecule has 0 heterocycles. The zero-order chi connectivity index (χ0) is 14.5. The number of halogens is 1. The van der Waals surface area contributed by atoms with Gasteiger partial charge in [0.05, 0.1) is 0 Å². The van der Waals surface area contributed by atoms with Gasteiger partial charge < -0.3 is 5.32 Å². The van der Waals surface area contributed by atoms with Crippen molar-refractivity contribution in [3.8, 4) is 0 Å². The summed E-state index contributed by atoms with van der Waals surface area (Å²) in [5.74, 6) is 0.540. The van der Waals surface area contributed by atoms with Crippen molar-refractivity contribution < 1.29 is 9.59 Å². The maximum atomic E-state index is 12.2. The van der Waals surface area contributed by atoms with Gasteiger partial charge in [-0.3, -0.25) is 9.59 Å². The second kappa shape index (κ2) is 7.02. The molecular formula is C16H20BrNO2. The van der Waals surface area contributed by atoms with Crippen LogP contribution in [0.4, 0.5) is 0 Å². The molecule has 0 radical (unpaired) electrons. The van der Waals surface area contributed by atoms with Crippen LogP contribution in [-0.4, -0.2) is 18.2 Å². The number of amides is 1. The van der Waals surface area contributed by atoms with Crippen LogP contribution in [0.1, 0.15) is 31.7 Å². The molecule has 0 spiro atoms. The smallest absolute Gasteiger partial charge is 0.223 e. The third kappa shape index (κ3) is 3.92. The Labute approximate surface area is 128 Å². The third-order valence-electron chi connectivity index (χ3n) is 3.96. The fourth-order valence-electron chi connectivity index (χ4n) is 2.75. The van der Waals surface area contributed by atoms with Gasteiger partial charge in [0.25, 0.3) is 0 Å². The van der Waals surface area contributed by atoms with Crippen molar-refractivity contribution in [1.82, 2.24) is 5.32 Å². The van der Waals surface area contributed by atoms with E-state index in [9.17, 15) is 9.59 Å². The van der Waals surface area contributed by atoms with Crippen LogP contribution >= 0.6 is 15.9 Å². The molecule has 0 saturated heterocycles. The second-order valence-corrected chi connectivity index (χ2v) is 6.35. The van der Waals surface area contributed by atoms with E-state index in [1.54, 1.807) is 0 Å². The van der Waals surface area contributed by atoms with Gasteiger partial charge in [0.15, 0.2) is 0 Å². The van der Waals surface area contributed by atoms with Gasteiger partial charge in [0.2, 0.25) is 5.91 Å². The molecule has 3 nitrogen and oxygen atoms in total. The molecular weight excluding hydrogens is 318 g/mol. The molecule has 108 valence electrons. The number of hydrogen-bond acceptors (Lipinski definition) is 2. The molecule has 1 N–H and O–H groups in total. The topological polar surface area (TPSA) is 46.2 Å². The molecule has 2 atom stereocenters. The first-order valence-electron chi connectivity index (χ1n) is 7.10. The van der Waals surface area contributed by atoms with Gasteiger partial charge in [0.1, 0.15) is 5.78 Å². The Morgan fingerprint density at radius 2 is 2.15 bits per heavy atom. The van der Waals surface area contributed by atoms with Gasteiger partial charge in [-0.15, -0.1) is 0 Å². The van der Waals surface area contributed by atoms with Crippen molar-refractivity contribution in [1.29, 1.82) is 0 Å². The molecule has 1 saturated carbocycles. The van der Waals surface area contributed by atoms with Crippen molar-refractivity contribution in [2.75, 3.05) is 6.54 Å². The predicted octanol–water partition coefficient (Wildman–Crippen LogP) is 3.11. The summed E-state index contributed by atoms with van der Waals surface area (Å²) in [5.41, 5.74) is 1.19. The number of ketones is 1. The predicted molar refractivity (Wildman–Crippen MR) is 82.4 cm³/mol. The van der Waals surface area contributed by atoms with E-state index >= 15 is 0 Å². The maximum absolute atomic E-state index is 12.2. The summed E-state index contributed by atoms with van der Waals surface area (Å²) in [4.78, 5) is 23.5. The molecule has 0 aliphatic heterocycles. The van der Waals surface area contributed by atoms with E-state index in [4.69, 9.17) is 0 Å². The summed E-state index contributed by atoms with van der Waals surface area (Å²) in [6.45, 7) is 2.63. The van der Waals surface area contributed by atoms with Crippen molar-refractivity contribution in [2.24, 2.45) is 11.8 Å². The number of hydrogen-bond donors (Lipinski definition) is 1. The number of benzene rings is 1. The summed E-state index contributed by atoms with van der Waals surface area (Å²) in [5, 5.41) is 3.00. The zero-order valence-corrected chi connectivity index (χ0v) is 13.3. The molecule has 2 rings (SSSR count). The Morgan fingerprint density at radius 1 is 1.40 bits per heavy atom. The van der Waals surface area contributed by atoms with Gasteiger partial charge in [-0.25, -0.2) is 0 Å². The van der Waals surface area contributed by atoms with E-state index in [1.807, 2.05) is 25.1 Å². The van der Waals surface area contributed by atoms with Crippen LogP contribution in [0.15, 0.2) is 28.7 Å². The number of carbonyl (C=O) groups is 2. The van der Waals surface area contributed by atoms with Gasteiger partial charge in [-0.1, -0.05) is 41.1 Å². The average molecular weight is 338 g/mol. The highest BCUT2D eigenvalue weighted by Gasteiger charge is 2.30. The van der Waals surface area contributed by atoms with E-state index in [0.717, 1.165) is 10.9 Å². The van der Waals surface area contributed by atoms with Gasteiger partial charge in [0, 0.05) is 29.8 Å². The molecule has 20 heavy (non-hydrogen) atoms. The molecule has 1 aromatic carbocycles. The number of Topliss-reactive ketones (excluding diaryl/α,β-unsaturated/α-hetero) is 1. The summed E-state index contributed by atoms with van der Waals surface area (Å²) < 4.78 is 1.07. The Kier molecular flexibility index (Phi) is 5.35. The first-order chi connectivity index (χ1) is 9.58. The van der Waals surface area contributed by atoms with Crippen LogP contribution in [0.25, 0.3) is 0 Å². The summed E-state index contributed by atoms with van der Waals surface area (Å²) in [6, 6.07) is 8.04. The van der Waals surface area contributed by atoms with E-state index in [-0.39, 0.29) is 23.5 Å². The Balaban J connectivity index is 1.81. The van der Waals surface area contributed by atoms with E-state index in [2.05, 4.69) is 27.3 Å². The highest BCUT2D eigenvalue weighted by Crippen LogP contribution is 2.27. The first kappa shape index (κ1) is 15.2. The van der Waals surface area contributed by atoms with Crippen LogP contribution in [0, 0.1) is 11.8 Å². The molecule has 1 aliphatic carbocycles. The quantitative estimate of drug-likeness (QED) is 0.917. The normalized spacial score (nSPS) is 22.6. The highest BCUT2D eigenvalue weighted by atomic mass is 79.9. The SMILES string of the molecule is C[C@H]1CC(=O)CC[C@@H]1C(=O)NCCc1ccccc1Br. The summed E-state index contributed by atoms with van der Waals surface area (Å²) >= 11 is 3.51. The van der Waals surface area contributed by atoms with Crippen LogP contribution < -0.4 is 5.32 Å². The van der Waals surface area contributed by atoms with Crippen LogP contribution in [0.3, 0.4) is 0 Å². The Hall–Kier alpha value is -1.16. The highest BCUT2D eigenvalue weighted by molar-refractivity contribution is 9.10. The van der Waals surface area contributed by atoms with E-state index < -0.39 is 0 Å². The minimum Gasteiger partial charge on any atom is -0.356 e. The molecule has 1 amide bonds. The monoisotopic (exact) mass is 337 g/mol. The average Bonchev–Trinajstić information content (AvgIpc) is 2.40. The number of rotatable bonds is 4. The Morgan fingerprint density at radius 3 is 2.85 bits per heavy atom. The third-order valence-corrected chi connectivity index (χ3v) is 4.73. The molecule has 4 heteroatoms. The Bertz CT molecular complexity index is 501. The lowest BCUT2D eigenvalue weighted by molar-refractivity contribution is -0.130. The van der Waals surface area contributed by atoms with Crippen molar-refractivity contribution in [2.45, 2.75) is 32.6 Å². The zero-order valence-electron chi connectivity index (χ0n) is 11.7. The maximum Gasteiger partial charge on any atom is 0.223 e. The molecule has 0 bridgehead atoms. The minimum absolute atomic E-state index is 0.00749. The molecule has 0 aromatic heterocycles. The lowest BCUT2D eigenvalue weighted by Gasteiger charge is -2.26. The standard InChI is InChI=1S/C16H20BrNO2/c1-11-10-13(19)6-7-14(11)16(20)18-9-8-12-4-2-3-5-15(12)17/h2-5,11,14H,6-10H2,1H3,(H,18,20)/t11-,14-/m0/s1. The van der Waals surface area contributed by atoms with Crippen LogP contribution in [0.5, 0.6) is 0 Å². The number of carbonyl (C=O) groups excluding carboxylic acids is 2. The van der Waals surface area contributed by atoms with Gasteiger partial charge in [-0.2, -0.15) is 0 Å². The van der Waals surface area contributed by atoms with Gasteiger partial charge in [-0.05, 0) is 30.4 Å². The van der Waals surface area contributed by atoms with E-state index in [0.29, 0.717) is 25.8 Å². The molecule has 0 unspecified atom stereocenters. The molecule has 1 fully saturated rings. The molecule has 1 aromatic rings. The minimum atomic E-state index is -0.00749. The lowest BCUT2D eigenvalue weighted by Crippen LogP contribution is -2.38.